The quantitative estimate of drug-likeness (QED) is 0.771. The van der Waals surface area contributed by atoms with Gasteiger partial charge < -0.3 is 15.5 Å². The fraction of sp³-hybridized carbons (Fsp3) is 0.231. The Kier molecular flexibility index (Phi) is 2.97. The van der Waals surface area contributed by atoms with Gasteiger partial charge in [-0.3, -0.25) is 0 Å². The molecule has 0 amide bonds. The second-order valence-electron chi connectivity index (χ2n) is 3.84. The summed E-state index contributed by atoms with van der Waals surface area (Å²) in [4.78, 5) is 3.28. The lowest BCUT2D eigenvalue weighted by Crippen LogP contribution is -1.95. The average Bonchev–Trinajstić information content (AvgIpc) is 2.71. The van der Waals surface area contributed by atoms with Gasteiger partial charge in [-0.25, -0.2) is 0 Å². The molecule has 3 N–H and O–H groups in total. The normalized spacial score (nSPS) is 10.6. The van der Waals surface area contributed by atoms with Crippen LogP contribution in [0.4, 0.5) is 0 Å². The Morgan fingerprint density at radius 2 is 2.25 bits per heavy atom. The van der Waals surface area contributed by atoms with Crippen LogP contribution in [0.1, 0.15) is 11.3 Å². The third kappa shape index (κ3) is 2.09. The van der Waals surface area contributed by atoms with Gasteiger partial charge >= 0.3 is 0 Å². The monoisotopic (exact) mass is 216 g/mol. The van der Waals surface area contributed by atoms with Crippen LogP contribution in [0.25, 0.3) is 10.9 Å². The molecule has 0 saturated heterocycles. The van der Waals surface area contributed by atoms with Crippen LogP contribution >= 0.6 is 0 Å². The number of rotatable bonds is 4. The molecular weight excluding hydrogens is 200 g/mol. The molecule has 2 rings (SSSR count). The SMILES string of the molecule is C=C(Cc1ccc2cc(CN)[nH]c2c1)OC. The maximum absolute atomic E-state index is 5.59. The maximum atomic E-state index is 5.59. The van der Waals surface area contributed by atoms with E-state index in [0.29, 0.717) is 6.54 Å². The number of methoxy groups -OCH3 is 1. The molecular formula is C13H16N2O. The average molecular weight is 216 g/mol. The highest BCUT2D eigenvalue weighted by Gasteiger charge is 2.02. The summed E-state index contributed by atoms with van der Waals surface area (Å²) in [5.41, 5.74) is 8.94. The third-order valence-corrected chi connectivity index (χ3v) is 2.65. The standard InChI is InChI=1S/C13H16N2O/c1-9(16-2)5-10-3-4-11-7-12(8-14)15-13(11)6-10/h3-4,6-7,15H,1,5,8,14H2,2H3. The summed E-state index contributed by atoms with van der Waals surface area (Å²) in [7, 11) is 1.64. The number of benzene rings is 1. The minimum absolute atomic E-state index is 0.537. The van der Waals surface area contributed by atoms with Crippen molar-refractivity contribution >= 4 is 10.9 Å². The Hall–Kier alpha value is -1.74. The zero-order valence-electron chi connectivity index (χ0n) is 9.42. The van der Waals surface area contributed by atoms with Crippen molar-refractivity contribution in [2.75, 3.05) is 7.11 Å². The number of aromatic amines is 1. The van der Waals surface area contributed by atoms with E-state index in [4.69, 9.17) is 10.5 Å². The number of ether oxygens (including phenoxy) is 1. The molecule has 0 aliphatic heterocycles. The van der Waals surface area contributed by atoms with Crippen molar-refractivity contribution in [3.05, 3.63) is 47.9 Å². The first-order valence-electron chi connectivity index (χ1n) is 5.25. The third-order valence-electron chi connectivity index (χ3n) is 2.65. The van der Waals surface area contributed by atoms with E-state index >= 15 is 0 Å². The number of aromatic nitrogens is 1. The molecule has 84 valence electrons. The van der Waals surface area contributed by atoms with Crippen molar-refractivity contribution < 1.29 is 4.74 Å². The van der Waals surface area contributed by atoms with Crippen LogP contribution in [0.15, 0.2) is 36.6 Å². The summed E-state index contributed by atoms with van der Waals surface area (Å²) < 4.78 is 5.07. The Morgan fingerprint density at radius 1 is 1.44 bits per heavy atom. The summed E-state index contributed by atoms with van der Waals surface area (Å²) in [6, 6.07) is 8.35. The molecule has 16 heavy (non-hydrogen) atoms. The Labute approximate surface area is 94.9 Å². The molecule has 3 heteroatoms. The van der Waals surface area contributed by atoms with Crippen LogP contribution < -0.4 is 5.73 Å². The summed E-state index contributed by atoms with van der Waals surface area (Å²) in [5, 5.41) is 1.19. The van der Waals surface area contributed by atoms with E-state index in [-0.39, 0.29) is 0 Å². The first-order chi connectivity index (χ1) is 7.72. The minimum atomic E-state index is 0.537. The number of H-pyrrole nitrogens is 1. The minimum Gasteiger partial charge on any atom is -0.501 e. The van der Waals surface area contributed by atoms with E-state index < -0.39 is 0 Å². The molecule has 0 spiro atoms. The van der Waals surface area contributed by atoms with E-state index in [0.717, 1.165) is 23.4 Å². The van der Waals surface area contributed by atoms with Crippen LogP contribution in [0.3, 0.4) is 0 Å². The predicted molar refractivity (Wildman–Crippen MR) is 66.0 cm³/mol. The van der Waals surface area contributed by atoms with Gasteiger partial charge in [0, 0.05) is 24.2 Å². The van der Waals surface area contributed by atoms with Crippen molar-refractivity contribution in [3.8, 4) is 0 Å². The van der Waals surface area contributed by atoms with Crippen LogP contribution in [-0.2, 0) is 17.7 Å². The molecule has 0 fully saturated rings. The van der Waals surface area contributed by atoms with E-state index in [1.54, 1.807) is 7.11 Å². The van der Waals surface area contributed by atoms with Crippen molar-refractivity contribution in [1.29, 1.82) is 0 Å². The topological polar surface area (TPSA) is 51.0 Å². The lowest BCUT2D eigenvalue weighted by molar-refractivity contribution is 0.285. The lowest BCUT2D eigenvalue weighted by Gasteiger charge is -2.04. The Bertz CT molecular complexity index is 514. The molecule has 0 unspecified atom stereocenters. The maximum Gasteiger partial charge on any atom is 0.0927 e. The van der Waals surface area contributed by atoms with Crippen LogP contribution in [-0.4, -0.2) is 12.1 Å². The van der Waals surface area contributed by atoms with Gasteiger partial charge in [0.2, 0.25) is 0 Å². The smallest absolute Gasteiger partial charge is 0.0927 e. The van der Waals surface area contributed by atoms with E-state index in [1.807, 2.05) is 0 Å². The molecule has 0 saturated carbocycles. The molecule has 1 aromatic heterocycles. The van der Waals surface area contributed by atoms with Crippen molar-refractivity contribution in [1.82, 2.24) is 4.98 Å². The number of allylic oxidation sites excluding steroid dienone is 1. The van der Waals surface area contributed by atoms with Crippen LogP contribution in [0.2, 0.25) is 0 Å². The lowest BCUT2D eigenvalue weighted by atomic mass is 10.1. The summed E-state index contributed by atoms with van der Waals surface area (Å²) in [6.07, 6.45) is 0.740. The molecule has 1 heterocycles. The Morgan fingerprint density at radius 3 is 2.94 bits per heavy atom. The summed E-state index contributed by atoms with van der Waals surface area (Å²) in [6.45, 7) is 4.35. The highest BCUT2D eigenvalue weighted by atomic mass is 16.5. The van der Waals surface area contributed by atoms with Gasteiger partial charge in [-0.2, -0.15) is 0 Å². The molecule has 0 atom stereocenters. The second-order valence-corrected chi connectivity index (χ2v) is 3.84. The Balaban J connectivity index is 2.32. The van der Waals surface area contributed by atoms with Gasteiger partial charge in [-0.1, -0.05) is 18.7 Å². The van der Waals surface area contributed by atoms with Crippen LogP contribution in [0, 0.1) is 0 Å². The van der Waals surface area contributed by atoms with Crippen LogP contribution in [0.5, 0.6) is 0 Å². The summed E-state index contributed by atoms with van der Waals surface area (Å²) in [5.74, 6) is 0.768. The number of nitrogens with two attached hydrogens (primary N) is 1. The number of hydrogen-bond donors (Lipinski definition) is 2. The second kappa shape index (κ2) is 4.41. The van der Waals surface area contributed by atoms with Crippen molar-refractivity contribution in [3.63, 3.8) is 0 Å². The molecule has 1 aromatic carbocycles. The zero-order valence-corrected chi connectivity index (χ0v) is 9.42. The highest BCUT2D eigenvalue weighted by Crippen LogP contribution is 2.18. The number of hydrogen-bond acceptors (Lipinski definition) is 2. The highest BCUT2D eigenvalue weighted by molar-refractivity contribution is 5.81. The molecule has 0 bridgehead atoms. The molecule has 0 aliphatic rings. The first-order valence-corrected chi connectivity index (χ1v) is 5.25. The van der Waals surface area contributed by atoms with E-state index in [2.05, 4.69) is 35.8 Å². The van der Waals surface area contributed by atoms with Gasteiger partial charge in [0.25, 0.3) is 0 Å². The molecule has 0 aliphatic carbocycles. The van der Waals surface area contributed by atoms with E-state index in [9.17, 15) is 0 Å². The van der Waals surface area contributed by atoms with Gasteiger partial charge in [0.15, 0.2) is 0 Å². The number of fused-ring (bicyclic) bond motifs is 1. The zero-order chi connectivity index (χ0) is 11.5. The van der Waals surface area contributed by atoms with Gasteiger partial charge in [0.1, 0.15) is 0 Å². The van der Waals surface area contributed by atoms with Crippen molar-refractivity contribution in [2.24, 2.45) is 5.73 Å². The predicted octanol–water partition coefficient (Wildman–Crippen LogP) is 2.33. The van der Waals surface area contributed by atoms with Gasteiger partial charge in [-0.05, 0) is 23.1 Å². The first kappa shape index (κ1) is 10.8. The fourth-order valence-corrected chi connectivity index (χ4v) is 1.75. The largest absolute Gasteiger partial charge is 0.501 e. The molecule has 0 radical (unpaired) electrons. The molecule has 2 aromatic rings. The molecule has 3 nitrogen and oxygen atoms in total. The van der Waals surface area contributed by atoms with E-state index in [1.165, 1.54) is 10.9 Å². The van der Waals surface area contributed by atoms with Gasteiger partial charge in [-0.15, -0.1) is 0 Å². The van der Waals surface area contributed by atoms with Gasteiger partial charge in [0.05, 0.1) is 12.9 Å². The fourth-order valence-electron chi connectivity index (χ4n) is 1.75. The summed E-state index contributed by atoms with van der Waals surface area (Å²) >= 11 is 0. The number of nitrogens with one attached hydrogen (secondary N) is 1. The van der Waals surface area contributed by atoms with Crippen molar-refractivity contribution in [2.45, 2.75) is 13.0 Å².